The molecule has 0 radical (unpaired) electrons. The van der Waals surface area contributed by atoms with Crippen molar-refractivity contribution in [3.8, 4) is 0 Å². The quantitative estimate of drug-likeness (QED) is 0.749. The summed E-state index contributed by atoms with van der Waals surface area (Å²) in [6.07, 6.45) is 4.06. The molecule has 3 nitrogen and oxygen atoms in total. The average Bonchev–Trinajstić information content (AvgIpc) is 2.49. The number of alkyl halides is 1. The lowest BCUT2D eigenvalue weighted by atomic mass is 9.95. The second-order valence-electron chi connectivity index (χ2n) is 3.56. The van der Waals surface area contributed by atoms with E-state index in [0.717, 1.165) is 12.4 Å². The number of nitrogens with one attached hydrogen (secondary N) is 1. The van der Waals surface area contributed by atoms with E-state index in [1.54, 1.807) is 6.20 Å². The first-order chi connectivity index (χ1) is 6.23. The minimum Gasteiger partial charge on any atom is -0.335 e. The van der Waals surface area contributed by atoms with Crippen LogP contribution in [-0.4, -0.2) is 28.3 Å². The Morgan fingerprint density at radius 3 is 3.00 bits per heavy atom. The fourth-order valence-electron chi connectivity index (χ4n) is 1.60. The highest BCUT2D eigenvalue weighted by Gasteiger charge is 2.38. The zero-order chi connectivity index (χ0) is 9.31. The maximum Gasteiger partial charge on any atom is 0.142 e. The number of aromatic nitrogens is 2. The Bertz CT molecular complexity index is 291. The third-order valence-electron chi connectivity index (χ3n) is 2.50. The summed E-state index contributed by atoms with van der Waals surface area (Å²) in [4.78, 5) is 4.15. The Balaban J connectivity index is 2.08. The number of rotatable bonds is 3. The predicted octanol–water partition coefficient (Wildman–Crippen LogP) is 0.757. The van der Waals surface area contributed by atoms with Crippen LogP contribution in [0.3, 0.4) is 0 Å². The molecule has 0 unspecified atom stereocenters. The molecule has 1 saturated heterocycles. The lowest BCUT2D eigenvalue weighted by Gasteiger charge is -2.34. The summed E-state index contributed by atoms with van der Waals surface area (Å²) >= 11 is 0. The number of hydrogen-bond donors (Lipinski definition) is 1. The maximum absolute atomic E-state index is 13.7. The van der Waals surface area contributed by atoms with Crippen molar-refractivity contribution >= 4 is 0 Å². The third-order valence-corrected chi connectivity index (χ3v) is 2.50. The van der Waals surface area contributed by atoms with Gasteiger partial charge in [-0.25, -0.2) is 9.37 Å². The van der Waals surface area contributed by atoms with Gasteiger partial charge in [-0.1, -0.05) is 0 Å². The Hall–Kier alpha value is -0.900. The molecular formula is C9H14FN3. The highest BCUT2D eigenvalue weighted by atomic mass is 19.1. The molecule has 1 aliphatic heterocycles. The van der Waals surface area contributed by atoms with Gasteiger partial charge >= 0.3 is 0 Å². The van der Waals surface area contributed by atoms with Crippen LogP contribution in [0.15, 0.2) is 12.4 Å². The number of aryl methyl sites for hydroxylation is 1. The van der Waals surface area contributed by atoms with Gasteiger partial charge in [0.1, 0.15) is 11.5 Å². The van der Waals surface area contributed by atoms with Crippen LogP contribution in [-0.2, 0) is 13.0 Å². The van der Waals surface area contributed by atoms with Crippen molar-refractivity contribution in [3.05, 3.63) is 18.2 Å². The minimum atomic E-state index is -1.06. The van der Waals surface area contributed by atoms with Crippen LogP contribution < -0.4 is 5.32 Å². The molecule has 0 spiro atoms. The van der Waals surface area contributed by atoms with Gasteiger partial charge in [-0.3, -0.25) is 0 Å². The largest absolute Gasteiger partial charge is 0.335 e. The fraction of sp³-hybridized carbons (Fsp3) is 0.667. The van der Waals surface area contributed by atoms with E-state index in [1.807, 2.05) is 17.7 Å². The second-order valence-corrected chi connectivity index (χ2v) is 3.56. The van der Waals surface area contributed by atoms with Crippen LogP contribution in [0.2, 0.25) is 0 Å². The molecule has 0 atom stereocenters. The molecule has 0 aromatic carbocycles. The highest BCUT2D eigenvalue weighted by Crippen LogP contribution is 2.21. The van der Waals surface area contributed by atoms with E-state index in [4.69, 9.17) is 0 Å². The molecule has 2 rings (SSSR count). The van der Waals surface area contributed by atoms with E-state index in [0.29, 0.717) is 19.5 Å². The normalized spacial score (nSPS) is 19.8. The predicted molar refractivity (Wildman–Crippen MR) is 48.3 cm³/mol. The molecule has 2 heterocycles. The highest BCUT2D eigenvalue weighted by molar-refractivity contribution is 5.04. The van der Waals surface area contributed by atoms with Crippen LogP contribution in [0.4, 0.5) is 4.39 Å². The molecule has 0 saturated carbocycles. The van der Waals surface area contributed by atoms with E-state index in [2.05, 4.69) is 10.3 Å². The Labute approximate surface area is 77.0 Å². The molecule has 1 aromatic heterocycles. The Morgan fingerprint density at radius 1 is 1.69 bits per heavy atom. The SMILES string of the molecule is CCn1ccnc1CC1(F)CNC1. The second kappa shape index (κ2) is 3.10. The first kappa shape index (κ1) is 8.69. The number of imidazole rings is 1. The van der Waals surface area contributed by atoms with Crippen LogP contribution in [0.1, 0.15) is 12.7 Å². The zero-order valence-electron chi connectivity index (χ0n) is 7.76. The Morgan fingerprint density at radius 2 is 2.46 bits per heavy atom. The van der Waals surface area contributed by atoms with Gasteiger partial charge < -0.3 is 9.88 Å². The molecule has 1 fully saturated rings. The number of halogens is 1. The van der Waals surface area contributed by atoms with Crippen LogP contribution in [0, 0.1) is 0 Å². The van der Waals surface area contributed by atoms with Crippen molar-refractivity contribution in [2.75, 3.05) is 13.1 Å². The summed E-state index contributed by atoms with van der Waals surface area (Å²) in [7, 11) is 0. The molecule has 4 heteroatoms. The third kappa shape index (κ3) is 1.58. The maximum atomic E-state index is 13.7. The average molecular weight is 183 g/mol. The van der Waals surface area contributed by atoms with E-state index in [1.165, 1.54) is 0 Å². The Kier molecular flexibility index (Phi) is 2.07. The molecule has 0 aliphatic carbocycles. The van der Waals surface area contributed by atoms with Crippen LogP contribution >= 0.6 is 0 Å². The van der Waals surface area contributed by atoms with Crippen molar-refractivity contribution in [1.29, 1.82) is 0 Å². The van der Waals surface area contributed by atoms with Crippen molar-refractivity contribution in [3.63, 3.8) is 0 Å². The molecule has 0 amide bonds. The van der Waals surface area contributed by atoms with Crippen molar-refractivity contribution in [2.45, 2.75) is 25.6 Å². The van der Waals surface area contributed by atoms with Gasteiger partial charge in [-0.2, -0.15) is 0 Å². The first-order valence-electron chi connectivity index (χ1n) is 4.63. The van der Waals surface area contributed by atoms with Gasteiger partial charge in [0.05, 0.1) is 0 Å². The molecule has 72 valence electrons. The van der Waals surface area contributed by atoms with Crippen molar-refractivity contribution in [1.82, 2.24) is 14.9 Å². The summed E-state index contributed by atoms with van der Waals surface area (Å²) in [5.74, 6) is 0.853. The number of hydrogen-bond acceptors (Lipinski definition) is 2. The molecule has 1 aliphatic rings. The van der Waals surface area contributed by atoms with E-state index < -0.39 is 5.67 Å². The summed E-state index contributed by atoms with van der Waals surface area (Å²) in [5, 5.41) is 2.94. The fourth-order valence-corrected chi connectivity index (χ4v) is 1.60. The molecule has 0 bridgehead atoms. The summed E-state index contributed by atoms with van der Waals surface area (Å²) in [6.45, 7) is 3.82. The van der Waals surface area contributed by atoms with Gasteiger partial charge in [-0.05, 0) is 6.92 Å². The monoisotopic (exact) mass is 183 g/mol. The summed E-state index contributed by atoms with van der Waals surface area (Å²) in [6, 6.07) is 0. The van der Waals surface area contributed by atoms with Crippen LogP contribution in [0.5, 0.6) is 0 Å². The molecule has 13 heavy (non-hydrogen) atoms. The smallest absolute Gasteiger partial charge is 0.142 e. The van der Waals surface area contributed by atoms with E-state index in [-0.39, 0.29) is 0 Å². The van der Waals surface area contributed by atoms with E-state index in [9.17, 15) is 4.39 Å². The molecular weight excluding hydrogens is 169 g/mol. The van der Waals surface area contributed by atoms with Crippen molar-refractivity contribution < 1.29 is 4.39 Å². The van der Waals surface area contributed by atoms with Gasteiger partial charge in [0.25, 0.3) is 0 Å². The van der Waals surface area contributed by atoms with E-state index >= 15 is 0 Å². The first-order valence-corrected chi connectivity index (χ1v) is 4.63. The van der Waals surface area contributed by atoms with Gasteiger partial charge in [0.15, 0.2) is 0 Å². The molecule has 1 aromatic rings. The lowest BCUT2D eigenvalue weighted by molar-refractivity contribution is 0.0878. The zero-order valence-corrected chi connectivity index (χ0v) is 7.76. The van der Waals surface area contributed by atoms with Gasteiger partial charge in [0, 0.05) is 38.4 Å². The lowest BCUT2D eigenvalue weighted by Crippen LogP contribution is -2.57. The minimum absolute atomic E-state index is 0.431. The summed E-state index contributed by atoms with van der Waals surface area (Å²) in [5.41, 5.74) is -1.06. The summed E-state index contributed by atoms with van der Waals surface area (Å²) < 4.78 is 15.7. The topological polar surface area (TPSA) is 29.9 Å². The van der Waals surface area contributed by atoms with Crippen LogP contribution in [0.25, 0.3) is 0 Å². The number of nitrogens with zero attached hydrogens (tertiary/aromatic N) is 2. The van der Waals surface area contributed by atoms with Gasteiger partial charge in [0.2, 0.25) is 0 Å². The van der Waals surface area contributed by atoms with Crippen molar-refractivity contribution in [2.24, 2.45) is 0 Å². The standard InChI is InChI=1S/C9H14FN3/c1-2-13-4-3-12-8(13)5-9(10)6-11-7-9/h3-4,11H,2,5-7H2,1H3. The molecule has 1 N–H and O–H groups in total. The van der Waals surface area contributed by atoms with Gasteiger partial charge in [-0.15, -0.1) is 0 Å².